The molecule has 0 atom stereocenters. The van der Waals surface area contributed by atoms with Gasteiger partial charge in [-0.3, -0.25) is 0 Å². The molecule has 0 spiro atoms. The van der Waals surface area contributed by atoms with Crippen molar-refractivity contribution in [2.45, 2.75) is 31.6 Å². The lowest BCUT2D eigenvalue weighted by molar-refractivity contribution is 0.585. The Labute approximate surface area is 96.3 Å². The predicted molar refractivity (Wildman–Crippen MR) is 65.3 cm³/mol. The maximum Gasteiger partial charge on any atom is 0.0406 e. The third-order valence-corrected chi connectivity index (χ3v) is 3.15. The van der Waals surface area contributed by atoms with Crippen molar-refractivity contribution in [3.63, 3.8) is 0 Å². The molecule has 15 heavy (non-hydrogen) atoms. The summed E-state index contributed by atoms with van der Waals surface area (Å²) in [5.74, 6) is 0.678. The molecule has 0 saturated heterocycles. The molecule has 2 rings (SSSR count). The Hall–Kier alpha value is -0.970. The Bertz CT molecular complexity index is 357. The highest BCUT2D eigenvalue weighted by Gasteiger charge is 2.10. The van der Waals surface area contributed by atoms with Crippen molar-refractivity contribution >= 4 is 11.6 Å². The minimum Gasteiger partial charge on any atom is -0.130 e. The van der Waals surface area contributed by atoms with Crippen LogP contribution in [-0.4, -0.2) is 0 Å². The summed E-state index contributed by atoms with van der Waals surface area (Å²) < 4.78 is 0. The Balaban J connectivity index is 2.10. The molecule has 1 aliphatic carbocycles. The second-order valence-corrected chi connectivity index (χ2v) is 4.41. The van der Waals surface area contributed by atoms with Gasteiger partial charge in [-0.25, -0.2) is 0 Å². The van der Waals surface area contributed by atoms with Gasteiger partial charge >= 0.3 is 0 Å². The van der Waals surface area contributed by atoms with Crippen LogP contribution in [0.1, 0.15) is 37.2 Å². The van der Waals surface area contributed by atoms with Crippen LogP contribution in [-0.2, 0) is 0 Å². The fourth-order valence-corrected chi connectivity index (χ4v) is 2.16. The SMILES string of the molecule is Clc1ccc(C2CCC=C=CCC2)cc1. The average molecular weight is 219 g/mol. The number of allylic oxidation sites excluding steroid dienone is 1. The van der Waals surface area contributed by atoms with Gasteiger partial charge in [0.1, 0.15) is 0 Å². The van der Waals surface area contributed by atoms with E-state index in [1.54, 1.807) is 0 Å². The molecule has 0 saturated carbocycles. The van der Waals surface area contributed by atoms with E-state index in [1.165, 1.54) is 18.4 Å². The van der Waals surface area contributed by atoms with Crippen LogP contribution < -0.4 is 0 Å². The van der Waals surface area contributed by atoms with Gasteiger partial charge in [0.05, 0.1) is 0 Å². The summed E-state index contributed by atoms with van der Waals surface area (Å²) in [5.41, 5.74) is 4.62. The van der Waals surface area contributed by atoms with Crippen molar-refractivity contribution in [2.24, 2.45) is 0 Å². The summed E-state index contributed by atoms with van der Waals surface area (Å²) in [4.78, 5) is 0. The summed E-state index contributed by atoms with van der Waals surface area (Å²) in [6.07, 6.45) is 8.99. The van der Waals surface area contributed by atoms with Crippen molar-refractivity contribution in [2.75, 3.05) is 0 Å². The molecule has 0 fully saturated rings. The quantitative estimate of drug-likeness (QED) is 0.599. The van der Waals surface area contributed by atoms with Crippen molar-refractivity contribution in [1.82, 2.24) is 0 Å². The van der Waals surface area contributed by atoms with E-state index in [4.69, 9.17) is 11.6 Å². The molecule has 0 nitrogen and oxygen atoms in total. The number of hydrogen-bond acceptors (Lipinski definition) is 0. The van der Waals surface area contributed by atoms with E-state index in [9.17, 15) is 0 Å². The van der Waals surface area contributed by atoms with Crippen molar-refractivity contribution in [3.05, 3.63) is 52.7 Å². The summed E-state index contributed by atoms with van der Waals surface area (Å²) in [6.45, 7) is 0. The van der Waals surface area contributed by atoms with E-state index in [2.05, 4.69) is 30.0 Å². The third-order valence-electron chi connectivity index (χ3n) is 2.90. The Morgan fingerprint density at radius 1 is 1.00 bits per heavy atom. The fraction of sp³-hybridized carbons (Fsp3) is 0.357. The standard InChI is InChI=1S/C14H15Cl/c15-14-10-8-13(9-11-14)12-6-4-2-1-3-5-7-12/h2-3,8-12H,4-7H2. The summed E-state index contributed by atoms with van der Waals surface area (Å²) in [5, 5.41) is 0.824. The van der Waals surface area contributed by atoms with Gasteiger partial charge in [-0.2, -0.15) is 0 Å². The fourth-order valence-electron chi connectivity index (χ4n) is 2.03. The summed E-state index contributed by atoms with van der Waals surface area (Å²) in [7, 11) is 0. The first kappa shape index (κ1) is 10.5. The van der Waals surface area contributed by atoms with Gasteiger partial charge in [-0.15, -0.1) is 5.73 Å². The lowest BCUT2D eigenvalue weighted by Crippen LogP contribution is -1.99. The maximum atomic E-state index is 5.89. The molecule has 78 valence electrons. The minimum atomic E-state index is 0.678. The van der Waals surface area contributed by atoms with Gasteiger partial charge in [-0.1, -0.05) is 23.7 Å². The third kappa shape index (κ3) is 2.99. The monoisotopic (exact) mass is 218 g/mol. The van der Waals surface area contributed by atoms with Crippen LogP contribution >= 0.6 is 11.6 Å². The molecule has 1 heteroatoms. The molecular weight excluding hydrogens is 204 g/mol. The van der Waals surface area contributed by atoms with Crippen LogP contribution in [0.5, 0.6) is 0 Å². The van der Waals surface area contributed by atoms with Gasteiger partial charge in [0.2, 0.25) is 0 Å². The smallest absolute Gasteiger partial charge is 0.0406 e. The second-order valence-electron chi connectivity index (χ2n) is 3.98. The van der Waals surface area contributed by atoms with Crippen LogP contribution in [0.4, 0.5) is 0 Å². The number of rotatable bonds is 1. The normalized spacial score (nSPS) is 21.0. The molecule has 0 heterocycles. The molecule has 0 aliphatic heterocycles. The van der Waals surface area contributed by atoms with Crippen molar-refractivity contribution in [1.29, 1.82) is 0 Å². The minimum absolute atomic E-state index is 0.678. The van der Waals surface area contributed by atoms with Crippen LogP contribution in [0.15, 0.2) is 42.1 Å². The first-order valence-corrected chi connectivity index (χ1v) is 5.89. The molecular formula is C14H15Cl. The van der Waals surface area contributed by atoms with E-state index >= 15 is 0 Å². The maximum absolute atomic E-state index is 5.89. The van der Waals surface area contributed by atoms with Crippen LogP contribution in [0.25, 0.3) is 0 Å². The molecule has 0 radical (unpaired) electrons. The lowest BCUT2D eigenvalue weighted by Gasteiger charge is -2.16. The molecule has 0 N–H and O–H groups in total. The Morgan fingerprint density at radius 2 is 1.60 bits per heavy atom. The van der Waals surface area contributed by atoms with Gasteiger partial charge in [0.15, 0.2) is 0 Å². The largest absolute Gasteiger partial charge is 0.130 e. The van der Waals surface area contributed by atoms with Gasteiger partial charge < -0.3 is 0 Å². The predicted octanol–water partition coefficient (Wildman–Crippen LogP) is 4.71. The van der Waals surface area contributed by atoms with E-state index in [0.29, 0.717) is 5.92 Å². The number of hydrogen-bond donors (Lipinski definition) is 0. The number of halogens is 1. The molecule has 1 aromatic rings. The Kier molecular flexibility index (Phi) is 3.66. The molecule has 0 aromatic heterocycles. The highest BCUT2D eigenvalue weighted by molar-refractivity contribution is 6.30. The van der Waals surface area contributed by atoms with Crippen molar-refractivity contribution < 1.29 is 0 Å². The zero-order valence-electron chi connectivity index (χ0n) is 8.75. The summed E-state index contributed by atoms with van der Waals surface area (Å²) >= 11 is 5.89. The average Bonchev–Trinajstić information content (AvgIpc) is 2.19. The zero-order chi connectivity index (χ0) is 10.5. The van der Waals surface area contributed by atoms with Gasteiger partial charge in [0.25, 0.3) is 0 Å². The zero-order valence-corrected chi connectivity index (χ0v) is 9.50. The second kappa shape index (κ2) is 5.21. The van der Waals surface area contributed by atoms with Gasteiger partial charge in [-0.05, 0) is 61.4 Å². The van der Waals surface area contributed by atoms with E-state index in [1.807, 2.05) is 12.1 Å². The highest BCUT2D eigenvalue weighted by Crippen LogP contribution is 2.28. The Morgan fingerprint density at radius 3 is 2.20 bits per heavy atom. The molecule has 0 amide bonds. The lowest BCUT2D eigenvalue weighted by atomic mass is 9.89. The molecule has 0 unspecified atom stereocenters. The molecule has 0 bridgehead atoms. The highest BCUT2D eigenvalue weighted by atomic mass is 35.5. The van der Waals surface area contributed by atoms with Gasteiger partial charge in [0, 0.05) is 5.02 Å². The van der Waals surface area contributed by atoms with E-state index in [-0.39, 0.29) is 0 Å². The van der Waals surface area contributed by atoms with Crippen LogP contribution in [0.3, 0.4) is 0 Å². The van der Waals surface area contributed by atoms with E-state index in [0.717, 1.165) is 17.9 Å². The summed E-state index contributed by atoms with van der Waals surface area (Å²) in [6, 6.07) is 8.28. The first-order valence-electron chi connectivity index (χ1n) is 5.51. The molecule has 1 aliphatic rings. The molecule has 1 aromatic carbocycles. The number of benzene rings is 1. The first-order chi connectivity index (χ1) is 7.36. The van der Waals surface area contributed by atoms with Crippen LogP contribution in [0.2, 0.25) is 5.02 Å². The topological polar surface area (TPSA) is 0 Å². The van der Waals surface area contributed by atoms with Crippen LogP contribution in [0, 0.1) is 0 Å². The van der Waals surface area contributed by atoms with E-state index < -0.39 is 0 Å². The van der Waals surface area contributed by atoms with Crippen molar-refractivity contribution in [3.8, 4) is 0 Å².